The van der Waals surface area contributed by atoms with E-state index in [1.807, 2.05) is 0 Å². The van der Waals surface area contributed by atoms with Crippen molar-refractivity contribution < 1.29 is 5.11 Å². The second kappa shape index (κ2) is 6.17. The van der Waals surface area contributed by atoms with Crippen LogP contribution in [0.25, 0.3) is 0 Å². The summed E-state index contributed by atoms with van der Waals surface area (Å²) >= 11 is 0. The maximum atomic E-state index is 9.56. The van der Waals surface area contributed by atoms with E-state index < -0.39 is 0 Å². The van der Waals surface area contributed by atoms with E-state index in [4.69, 9.17) is 0 Å². The van der Waals surface area contributed by atoms with Crippen LogP contribution in [0.15, 0.2) is 0 Å². The minimum atomic E-state index is 0.344. The minimum Gasteiger partial charge on any atom is -0.396 e. The standard InChI is InChI=1S/C14H28N2O/c1-11(2)16-7-6-12(9-16)13(10-17)8-15-14-4-3-5-14/h11-15,17H,3-10H2,1-2H3. The van der Waals surface area contributed by atoms with Gasteiger partial charge in [-0.05, 0) is 51.5 Å². The molecule has 0 spiro atoms. The van der Waals surface area contributed by atoms with Crippen LogP contribution in [-0.2, 0) is 0 Å². The van der Waals surface area contributed by atoms with Gasteiger partial charge >= 0.3 is 0 Å². The molecule has 100 valence electrons. The number of likely N-dealkylation sites (tertiary alicyclic amines) is 1. The van der Waals surface area contributed by atoms with Crippen molar-refractivity contribution in [2.24, 2.45) is 11.8 Å². The summed E-state index contributed by atoms with van der Waals surface area (Å²) in [6, 6.07) is 1.39. The number of rotatable bonds is 6. The Balaban J connectivity index is 1.73. The van der Waals surface area contributed by atoms with Crippen LogP contribution in [-0.4, -0.2) is 48.3 Å². The molecule has 2 fully saturated rings. The topological polar surface area (TPSA) is 35.5 Å². The Labute approximate surface area is 106 Å². The first-order chi connectivity index (χ1) is 8.20. The highest BCUT2D eigenvalue weighted by Crippen LogP contribution is 2.26. The highest BCUT2D eigenvalue weighted by molar-refractivity contribution is 4.85. The van der Waals surface area contributed by atoms with Gasteiger partial charge in [0.25, 0.3) is 0 Å². The van der Waals surface area contributed by atoms with Gasteiger partial charge in [0.15, 0.2) is 0 Å². The third-order valence-electron chi connectivity index (χ3n) is 4.66. The highest BCUT2D eigenvalue weighted by atomic mass is 16.3. The molecule has 0 amide bonds. The van der Waals surface area contributed by atoms with Crippen molar-refractivity contribution in [3.63, 3.8) is 0 Å². The van der Waals surface area contributed by atoms with Gasteiger partial charge in [0.05, 0.1) is 0 Å². The van der Waals surface area contributed by atoms with Crippen molar-refractivity contribution >= 4 is 0 Å². The Morgan fingerprint density at radius 1 is 1.29 bits per heavy atom. The maximum Gasteiger partial charge on any atom is 0.0474 e. The van der Waals surface area contributed by atoms with Gasteiger partial charge in [0, 0.05) is 31.8 Å². The summed E-state index contributed by atoms with van der Waals surface area (Å²) in [5, 5.41) is 13.2. The fraction of sp³-hybridized carbons (Fsp3) is 1.00. The highest BCUT2D eigenvalue weighted by Gasteiger charge is 2.30. The smallest absolute Gasteiger partial charge is 0.0474 e. The third-order valence-corrected chi connectivity index (χ3v) is 4.66. The van der Waals surface area contributed by atoms with Crippen LogP contribution in [0.2, 0.25) is 0 Å². The van der Waals surface area contributed by atoms with Gasteiger partial charge in [-0.25, -0.2) is 0 Å². The van der Waals surface area contributed by atoms with E-state index in [2.05, 4.69) is 24.1 Å². The average molecular weight is 240 g/mol. The van der Waals surface area contributed by atoms with Crippen molar-refractivity contribution in [2.45, 2.75) is 51.6 Å². The molecule has 2 rings (SSSR count). The minimum absolute atomic E-state index is 0.344. The number of nitrogens with zero attached hydrogens (tertiary/aromatic N) is 1. The number of hydrogen-bond acceptors (Lipinski definition) is 3. The molecule has 1 heterocycles. The molecule has 0 bridgehead atoms. The van der Waals surface area contributed by atoms with E-state index in [1.54, 1.807) is 0 Å². The number of aliphatic hydroxyl groups is 1. The SMILES string of the molecule is CC(C)N1CCC(C(CO)CNC2CCC2)C1. The van der Waals surface area contributed by atoms with Crippen LogP contribution in [0.4, 0.5) is 0 Å². The van der Waals surface area contributed by atoms with Gasteiger partial charge in [-0.1, -0.05) is 6.42 Å². The summed E-state index contributed by atoms with van der Waals surface area (Å²) < 4.78 is 0. The Morgan fingerprint density at radius 3 is 2.53 bits per heavy atom. The Bertz CT molecular complexity index is 228. The molecule has 1 saturated heterocycles. The summed E-state index contributed by atoms with van der Waals surface area (Å²) in [6.45, 7) is 8.28. The Hall–Kier alpha value is -0.120. The second-order valence-electron chi connectivity index (χ2n) is 6.12. The van der Waals surface area contributed by atoms with Gasteiger partial charge in [0.1, 0.15) is 0 Å². The number of nitrogens with one attached hydrogen (secondary N) is 1. The Kier molecular flexibility index (Phi) is 4.83. The first-order valence-electron chi connectivity index (χ1n) is 7.29. The normalized spacial score (nSPS) is 28.6. The number of hydrogen-bond donors (Lipinski definition) is 2. The van der Waals surface area contributed by atoms with E-state index >= 15 is 0 Å². The molecule has 2 N–H and O–H groups in total. The van der Waals surface area contributed by atoms with E-state index in [-0.39, 0.29) is 0 Å². The lowest BCUT2D eigenvalue weighted by atomic mass is 9.89. The summed E-state index contributed by atoms with van der Waals surface area (Å²) in [4.78, 5) is 2.54. The van der Waals surface area contributed by atoms with Gasteiger partial charge in [0.2, 0.25) is 0 Å². The maximum absolute atomic E-state index is 9.56. The van der Waals surface area contributed by atoms with Crippen molar-refractivity contribution in [3.05, 3.63) is 0 Å². The van der Waals surface area contributed by atoms with Crippen molar-refractivity contribution in [3.8, 4) is 0 Å². The van der Waals surface area contributed by atoms with E-state index in [1.165, 1.54) is 38.8 Å². The molecule has 2 unspecified atom stereocenters. The summed E-state index contributed by atoms with van der Waals surface area (Å²) in [5.74, 6) is 1.15. The molecule has 17 heavy (non-hydrogen) atoms. The predicted molar refractivity (Wildman–Crippen MR) is 71.0 cm³/mol. The first-order valence-corrected chi connectivity index (χ1v) is 7.29. The average Bonchev–Trinajstić information content (AvgIpc) is 2.71. The third kappa shape index (κ3) is 3.43. The summed E-state index contributed by atoms with van der Waals surface area (Å²) in [5.41, 5.74) is 0. The lowest BCUT2D eigenvalue weighted by Crippen LogP contribution is -2.41. The molecule has 0 aromatic heterocycles. The van der Waals surface area contributed by atoms with Crippen LogP contribution in [0.3, 0.4) is 0 Å². The molecular formula is C14H28N2O. The van der Waals surface area contributed by atoms with Crippen LogP contribution in [0.5, 0.6) is 0 Å². The molecule has 1 aliphatic heterocycles. The second-order valence-corrected chi connectivity index (χ2v) is 6.12. The molecule has 3 heteroatoms. The van der Waals surface area contributed by atoms with Crippen LogP contribution in [0, 0.1) is 11.8 Å². The van der Waals surface area contributed by atoms with Gasteiger partial charge in [-0.3, -0.25) is 0 Å². The quantitative estimate of drug-likeness (QED) is 0.738. The zero-order valence-electron chi connectivity index (χ0n) is 11.4. The van der Waals surface area contributed by atoms with Crippen molar-refractivity contribution in [1.82, 2.24) is 10.2 Å². The molecule has 1 aliphatic carbocycles. The largest absolute Gasteiger partial charge is 0.396 e. The zero-order valence-corrected chi connectivity index (χ0v) is 11.4. The fourth-order valence-corrected chi connectivity index (χ4v) is 2.98. The van der Waals surface area contributed by atoms with Crippen LogP contribution >= 0.6 is 0 Å². The van der Waals surface area contributed by atoms with Crippen LogP contribution in [0.1, 0.15) is 39.5 Å². The molecular weight excluding hydrogens is 212 g/mol. The molecule has 0 aromatic carbocycles. The van der Waals surface area contributed by atoms with Crippen LogP contribution < -0.4 is 5.32 Å². The molecule has 1 saturated carbocycles. The van der Waals surface area contributed by atoms with E-state index in [0.717, 1.165) is 12.6 Å². The molecule has 2 atom stereocenters. The molecule has 0 aromatic rings. The van der Waals surface area contributed by atoms with Crippen molar-refractivity contribution in [2.75, 3.05) is 26.2 Å². The molecule has 2 aliphatic rings. The first kappa shape index (κ1) is 13.3. The van der Waals surface area contributed by atoms with E-state index in [9.17, 15) is 5.11 Å². The van der Waals surface area contributed by atoms with Crippen molar-refractivity contribution in [1.29, 1.82) is 0 Å². The van der Waals surface area contributed by atoms with Gasteiger partial charge in [-0.2, -0.15) is 0 Å². The molecule has 0 radical (unpaired) electrons. The number of aliphatic hydroxyl groups excluding tert-OH is 1. The van der Waals surface area contributed by atoms with Gasteiger partial charge < -0.3 is 15.3 Å². The zero-order chi connectivity index (χ0) is 12.3. The lowest BCUT2D eigenvalue weighted by Gasteiger charge is -2.30. The fourth-order valence-electron chi connectivity index (χ4n) is 2.98. The lowest BCUT2D eigenvalue weighted by molar-refractivity contribution is 0.157. The van der Waals surface area contributed by atoms with E-state index in [0.29, 0.717) is 24.5 Å². The van der Waals surface area contributed by atoms with Gasteiger partial charge in [-0.15, -0.1) is 0 Å². The Morgan fingerprint density at radius 2 is 2.06 bits per heavy atom. The summed E-state index contributed by atoms with van der Waals surface area (Å²) in [7, 11) is 0. The summed E-state index contributed by atoms with van der Waals surface area (Å²) in [6.07, 6.45) is 5.31. The predicted octanol–water partition coefficient (Wildman–Crippen LogP) is 1.47. The monoisotopic (exact) mass is 240 g/mol. The molecule has 3 nitrogen and oxygen atoms in total.